The lowest BCUT2D eigenvalue weighted by Gasteiger charge is -2.01. The molecule has 1 heterocycles. The molecule has 0 bridgehead atoms. The van der Waals surface area contributed by atoms with E-state index in [1.54, 1.807) is 25.3 Å². The first-order chi connectivity index (χ1) is 8.11. The zero-order valence-corrected chi connectivity index (χ0v) is 11.1. The van der Waals surface area contributed by atoms with E-state index < -0.39 is 0 Å². The van der Waals surface area contributed by atoms with Gasteiger partial charge in [-0.15, -0.1) is 11.3 Å². The molecular formula is C13H11ClO2S. The van der Waals surface area contributed by atoms with Crippen LogP contribution in [0, 0.1) is 6.92 Å². The van der Waals surface area contributed by atoms with Gasteiger partial charge in [0.1, 0.15) is 5.75 Å². The molecule has 0 atom stereocenters. The number of ether oxygens (including phenoxy) is 1. The van der Waals surface area contributed by atoms with Crippen LogP contribution < -0.4 is 4.74 Å². The number of carbonyl (C=O) groups excluding carboxylic acids is 1. The predicted molar refractivity (Wildman–Crippen MR) is 70.5 cm³/mol. The second kappa shape index (κ2) is 4.90. The monoisotopic (exact) mass is 266 g/mol. The van der Waals surface area contributed by atoms with Crippen molar-refractivity contribution in [2.45, 2.75) is 6.92 Å². The molecule has 0 saturated carbocycles. The summed E-state index contributed by atoms with van der Waals surface area (Å²) in [7, 11) is 1.58. The number of thiophene rings is 1. The zero-order chi connectivity index (χ0) is 12.4. The molecule has 17 heavy (non-hydrogen) atoms. The zero-order valence-electron chi connectivity index (χ0n) is 9.49. The maximum absolute atomic E-state index is 12.1. The van der Waals surface area contributed by atoms with Gasteiger partial charge in [-0.3, -0.25) is 4.79 Å². The van der Waals surface area contributed by atoms with Gasteiger partial charge in [-0.2, -0.15) is 0 Å². The molecule has 0 spiro atoms. The maximum Gasteiger partial charge on any atom is 0.203 e. The molecule has 2 nitrogen and oxygen atoms in total. The van der Waals surface area contributed by atoms with Crippen molar-refractivity contribution in [2.24, 2.45) is 0 Å². The molecule has 0 aliphatic rings. The molecule has 2 rings (SSSR count). The van der Waals surface area contributed by atoms with Crippen LogP contribution in [0.1, 0.15) is 20.8 Å². The molecule has 1 aromatic heterocycles. The summed E-state index contributed by atoms with van der Waals surface area (Å²) < 4.78 is 5.06. The van der Waals surface area contributed by atoms with Crippen LogP contribution in [0.4, 0.5) is 0 Å². The van der Waals surface area contributed by atoms with Crippen molar-refractivity contribution in [3.05, 3.63) is 50.7 Å². The van der Waals surface area contributed by atoms with E-state index in [1.165, 1.54) is 11.3 Å². The van der Waals surface area contributed by atoms with Gasteiger partial charge in [-0.1, -0.05) is 23.7 Å². The summed E-state index contributed by atoms with van der Waals surface area (Å²) in [6.07, 6.45) is 0. The van der Waals surface area contributed by atoms with Crippen LogP contribution in [-0.4, -0.2) is 12.9 Å². The van der Waals surface area contributed by atoms with Gasteiger partial charge in [0.05, 0.1) is 12.0 Å². The van der Waals surface area contributed by atoms with Crippen LogP contribution in [0.2, 0.25) is 5.02 Å². The average molecular weight is 267 g/mol. The molecule has 0 fully saturated rings. The topological polar surface area (TPSA) is 26.3 Å². The molecule has 0 amide bonds. The molecular weight excluding hydrogens is 256 g/mol. The fraction of sp³-hybridized carbons (Fsp3) is 0.154. The molecule has 4 heteroatoms. The van der Waals surface area contributed by atoms with Gasteiger partial charge < -0.3 is 4.74 Å². The van der Waals surface area contributed by atoms with Crippen molar-refractivity contribution in [1.82, 2.24) is 0 Å². The van der Waals surface area contributed by atoms with Gasteiger partial charge >= 0.3 is 0 Å². The number of aryl methyl sites for hydroxylation is 1. The smallest absolute Gasteiger partial charge is 0.203 e. The molecule has 88 valence electrons. The number of ketones is 1. The summed E-state index contributed by atoms with van der Waals surface area (Å²) in [6.45, 7) is 1.91. The van der Waals surface area contributed by atoms with Gasteiger partial charge in [-0.25, -0.2) is 0 Å². The molecule has 0 aliphatic heterocycles. The number of halogens is 1. The van der Waals surface area contributed by atoms with Crippen LogP contribution in [-0.2, 0) is 0 Å². The number of carbonyl (C=O) groups is 1. The Bertz CT molecular complexity index is 560. The highest BCUT2D eigenvalue weighted by Crippen LogP contribution is 2.25. The van der Waals surface area contributed by atoms with Crippen LogP contribution >= 0.6 is 22.9 Å². The Morgan fingerprint density at radius 1 is 1.35 bits per heavy atom. The molecule has 0 unspecified atom stereocenters. The minimum atomic E-state index is -0.0276. The summed E-state index contributed by atoms with van der Waals surface area (Å²) >= 11 is 7.37. The van der Waals surface area contributed by atoms with Gasteiger partial charge in [0.15, 0.2) is 0 Å². The van der Waals surface area contributed by atoms with E-state index >= 15 is 0 Å². The quantitative estimate of drug-likeness (QED) is 0.787. The minimum absolute atomic E-state index is 0.0276. The Labute approximate surface area is 109 Å². The number of rotatable bonds is 3. The fourth-order valence-electron chi connectivity index (χ4n) is 1.42. The molecule has 0 aliphatic carbocycles. The van der Waals surface area contributed by atoms with Crippen molar-refractivity contribution in [2.75, 3.05) is 7.11 Å². The first kappa shape index (κ1) is 12.1. The van der Waals surface area contributed by atoms with E-state index in [0.29, 0.717) is 21.2 Å². The lowest BCUT2D eigenvalue weighted by atomic mass is 10.1. The maximum atomic E-state index is 12.1. The molecule has 0 N–H and O–H groups in total. The number of benzene rings is 1. The Morgan fingerprint density at radius 3 is 2.71 bits per heavy atom. The van der Waals surface area contributed by atoms with E-state index in [0.717, 1.165) is 5.56 Å². The highest BCUT2D eigenvalue weighted by Gasteiger charge is 2.13. The highest BCUT2D eigenvalue weighted by molar-refractivity contribution is 7.12. The molecule has 2 aromatic rings. The van der Waals surface area contributed by atoms with E-state index in [-0.39, 0.29) is 5.78 Å². The summed E-state index contributed by atoms with van der Waals surface area (Å²) in [5, 5.41) is 2.42. The highest BCUT2D eigenvalue weighted by atomic mass is 35.5. The second-order valence-corrected chi connectivity index (χ2v) is 4.96. The third-order valence-corrected chi connectivity index (χ3v) is 3.78. The molecule has 0 saturated heterocycles. The van der Waals surface area contributed by atoms with E-state index in [4.69, 9.17) is 16.3 Å². The Balaban J connectivity index is 2.33. The van der Waals surface area contributed by atoms with Crippen LogP contribution in [0.3, 0.4) is 0 Å². The molecule has 1 aromatic carbocycles. The average Bonchev–Trinajstić information content (AvgIpc) is 2.80. The Morgan fingerprint density at radius 2 is 2.12 bits per heavy atom. The van der Waals surface area contributed by atoms with Crippen molar-refractivity contribution in [3.8, 4) is 5.75 Å². The van der Waals surface area contributed by atoms with Crippen LogP contribution in [0.5, 0.6) is 5.75 Å². The van der Waals surface area contributed by atoms with Gasteiger partial charge in [0, 0.05) is 22.0 Å². The Kier molecular flexibility index (Phi) is 3.50. The first-order valence-corrected chi connectivity index (χ1v) is 6.31. The number of hydrogen-bond donors (Lipinski definition) is 0. The van der Waals surface area contributed by atoms with Crippen molar-refractivity contribution in [3.63, 3.8) is 0 Å². The standard InChI is InChI=1S/C13H11ClO2S/c1-8-3-4-9(5-11(8)14)13(15)12-6-10(16-2)7-17-12/h3-7H,1-2H3. The van der Waals surface area contributed by atoms with Gasteiger partial charge in [-0.05, 0) is 18.6 Å². The first-order valence-electron chi connectivity index (χ1n) is 5.05. The fourth-order valence-corrected chi connectivity index (χ4v) is 2.42. The van der Waals surface area contributed by atoms with E-state index in [9.17, 15) is 4.79 Å². The van der Waals surface area contributed by atoms with E-state index in [1.807, 2.05) is 18.4 Å². The van der Waals surface area contributed by atoms with Gasteiger partial charge in [0.2, 0.25) is 5.78 Å². The van der Waals surface area contributed by atoms with Crippen molar-refractivity contribution in [1.29, 1.82) is 0 Å². The summed E-state index contributed by atoms with van der Waals surface area (Å²) in [5.74, 6) is 0.678. The van der Waals surface area contributed by atoms with Crippen LogP contribution in [0.15, 0.2) is 29.6 Å². The summed E-state index contributed by atoms with van der Waals surface area (Å²) in [6, 6.07) is 7.07. The number of hydrogen-bond acceptors (Lipinski definition) is 3. The SMILES string of the molecule is COc1csc(C(=O)c2ccc(C)c(Cl)c2)c1. The third-order valence-electron chi connectivity index (χ3n) is 2.47. The van der Waals surface area contributed by atoms with Crippen molar-refractivity contribution < 1.29 is 9.53 Å². The minimum Gasteiger partial charge on any atom is -0.496 e. The lowest BCUT2D eigenvalue weighted by molar-refractivity contribution is 0.104. The Hall–Kier alpha value is -1.32. The predicted octanol–water partition coefficient (Wildman–Crippen LogP) is 3.95. The number of methoxy groups -OCH3 is 1. The lowest BCUT2D eigenvalue weighted by Crippen LogP contribution is -1.98. The van der Waals surface area contributed by atoms with E-state index in [2.05, 4.69) is 0 Å². The summed E-state index contributed by atoms with van der Waals surface area (Å²) in [5.41, 5.74) is 1.57. The van der Waals surface area contributed by atoms with Crippen LogP contribution in [0.25, 0.3) is 0 Å². The van der Waals surface area contributed by atoms with Crippen molar-refractivity contribution >= 4 is 28.7 Å². The second-order valence-electron chi connectivity index (χ2n) is 3.64. The normalized spacial score (nSPS) is 10.3. The molecule has 0 radical (unpaired) electrons. The van der Waals surface area contributed by atoms with Gasteiger partial charge in [0.25, 0.3) is 0 Å². The third kappa shape index (κ3) is 2.51. The summed E-state index contributed by atoms with van der Waals surface area (Å²) in [4.78, 5) is 12.8. The largest absolute Gasteiger partial charge is 0.496 e.